The number of likely N-dealkylation sites (N-methyl/N-ethyl adjacent to an activating group) is 2. The first-order chi connectivity index (χ1) is 12.5. The molecule has 0 atom stereocenters. The van der Waals surface area contributed by atoms with Crippen molar-refractivity contribution in [3.05, 3.63) is 52.7 Å². The molecule has 0 radical (unpaired) electrons. The molecule has 1 aliphatic rings. The molecule has 140 valence electrons. The lowest BCUT2D eigenvalue weighted by molar-refractivity contribution is 0.352. The van der Waals surface area contributed by atoms with Crippen LogP contribution in [-0.4, -0.2) is 68.1 Å². The van der Waals surface area contributed by atoms with Crippen LogP contribution >= 0.6 is 0 Å². The molecule has 1 heterocycles. The fourth-order valence-electron chi connectivity index (χ4n) is 2.70. The summed E-state index contributed by atoms with van der Waals surface area (Å²) in [7, 11) is 6.09. The van der Waals surface area contributed by atoms with Gasteiger partial charge in [-0.05, 0) is 51.8 Å². The third kappa shape index (κ3) is 6.58. The van der Waals surface area contributed by atoms with Crippen LogP contribution in [0, 0.1) is 6.92 Å². The number of phenols is 1. The van der Waals surface area contributed by atoms with E-state index in [2.05, 4.69) is 31.9 Å². The smallest absolute Gasteiger partial charge is 0.128 e. The Labute approximate surface area is 157 Å². The van der Waals surface area contributed by atoms with E-state index in [0.29, 0.717) is 12.3 Å². The normalized spacial score (nSPS) is 15.8. The van der Waals surface area contributed by atoms with Gasteiger partial charge in [-0.15, -0.1) is 0 Å². The van der Waals surface area contributed by atoms with Crippen molar-refractivity contribution in [2.45, 2.75) is 19.9 Å². The quantitative estimate of drug-likeness (QED) is 0.730. The Hall–Kier alpha value is -2.24. The van der Waals surface area contributed by atoms with Crippen LogP contribution in [0.3, 0.4) is 0 Å². The Morgan fingerprint density at radius 3 is 2.77 bits per heavy atom. The van der Waals surface area contributed by atoms with Crippen LogP contribution in [-0.2, 0) is 6.54 Å². The molecule has 0 aromatic heterocycles. The molecule has 5 heteroatoms. The molecule has 0 bridgehead atoms. The summed E-state index contributed by atoms with van der Waals surface area (Å²) in [5.74, 6) is 0.319. The number of aromatic hydroxyl groups is 1. The first kappa shape index (κ1) is 20.1. The van der Waals surface area contributed by atoms with E-state index in [1.54, 1.807) is 6.21 Å². The van der Waals surface area contributed by atoms with Crippen molar-refractivity contribution in [3.8, 4) is 5.75 Å². The maximum absolute atomic E-state index is 10.6. The third-order valence-electron chi connectivity index (χ3n) is 4.09. The topological polar surface area (TPSA) is 51.4 Å². The number of dihydropyridines is 1. The number of allylic oxidation sites excluding steroid dienone is 2. The standard InChI is InChI=1S/C21H30N4O/c1-17-13-18(15-22-10-12-24(2)3)21(26)19(14-17)16-25(4)11-8-20-7-5-6-9-23-20/h5,7-9,13-15,26H,6,10-12,16H2,1-4H3/b20-8-,22-15?. The monoisotopic (exact) mass is 354 g/mol. The summed E-state index contributed by atoms with van der Waals surface area (Å²) in [4.78, 5) is 13.0. The fraction of sp³-hybridized carbons (Fsp3) is 0.429. The van der Waals surface area contributed by atoms with E-state index in [-0.39, 0.29) is 0 Å². The Bertz CT molecular complexity index is 703. The molecule has 1 N–H and O–H groups in total. The second-order valence-corrected chi connectivity index (χ2v) is 6.98. The van der Waals surface area contributed by atoms with Crippen LogP contribution in [0.4, 0.5) is 0 Å². The molecule has 1 aromatic carbocycles. The van der Waals surface area contributed by atoms with Crippen LogP contribution in [0.2, 0.25) is 0 Å². The highest BCUT2D eigenvalue weighted by Crippen LogP contribution is 2.24. The zero-order valence-corrected chi connectivity index (χ0v) is 16.3. The number of benzene rings is 1. The lowest BCUT2D eigenvalue weighted by Gasteiger charge is -2.17. The molecular formula is C21H30N4O. The lowest BCUT2D eigenvalue weighted by atomic mass is 10.0. The molecular weight excluding hydrogens is 324 g/mol. The average Bonchev–Trinajstić information content (AvgIpc) is 2.61. The number of rotatable bonds is 8. The maximum Gasteiger partial charge on any atom is 0.128 e. The van der Waals surface area contributed by atoms with E-state index >= 15 is 0 Å². The molecule has 26 heavy (non-hydrogen) atoms. The highest BCUT2D eigenvalue weighted by molar-refractivity contribution is 5.84. The van der Waals surface area contributed by atoms with Gasteiger partial charge in [0.25, 0.3) is 0 Å². The minimum atomic E-state index is 0.319. The highest BCUT2D eigenvalue weighted by Gasteiger charge is 2.10. The van der Waals surface area contributed by atoms with E-state index in [0.717, 1.165) is 48.4 Å². The summed E-state index contributed by atoms with van der Waals surface area (Å²) in [5, 5.41) is 10.6. The first-order valence-electron chi connectivity index (χ1n) is 9.00. The van der Waals surface area contributed by atoms with E-state index in [1.807, 2.05) is 52.5 Å². The minimum Gasteiger partial charge on any atom is -0.507 e. The van der Waals surface area contributed by atoms with Crippen LogP contribution in [0.15, 0.2) is 46.0 Å². The Balaban J connectivity index is 2.02. The van der Waals surface area contributed by atoms with Crippen LogP contribution in [0.1, 0.15) is 23.1 Å². The molecule has 0 aliphatic carbocycles. The van der Waals surface area contributed by atoms with Crippen molar-refractivity contribution in [1.29, 1.82) is 0 Å². The molecule has 2 rings (SSSR count). The molecule has 5 nitrogen and oxygen atoms in total. The molecule has 0 saturated heterocycles. The van der Waals surface area contributed by atoms with Gasteiger partial charge in [-0.3, -0.25) is 14.9 Å². The van der Waals surface area contributed by atoms with Crippen molar-refractivity contribution >= 4 is 12.4 Å². The number of aliphatic imine (C=N–C) groups is 2. The summed E-state index contributed by atoms with van der Waals surface area (Å²) in [6.45, 7) is 5.10. The van der Waals surface area contributed by atoms with Gasteiger partial charge in [0.2, 0.25) is 0 Å². The van der Waals surface area contributed by atoms with Crippen molar-refractivity contribution in [2.24, 2.45) is 9.98 Å². The summed E-state index contributed by atoms with van der Waals surface area (Å²) in [6, 6.07) is 4.01. The largest absolute Gasteiger partial charge is 0.507 e. The van der Waals surface area contributed by atoms with Crippen molar-refractivity contribution < 1.29 is 5.11 Å². The molecule has 0 fully saturated rings. The number of hydrogen-bond donors (Lipinski definition) is 1. The highest BCUT2D eigenvalue weighted by atomic mass is 16.3. The number of hydrogen-bond acceptors (Lipinski definition) is 5. The van der Waals surface area contributed by atoms with Gasteiger partial charge in [0.05, 0.1) is 12.2 Å². The SMILES string of the molecule is Cc1cc(C=NCCN(C)C)c(O)c(CN(C)C/C=C2/C=CCC=N2)c1. The van der Waals surface area contributed by atoms with E-state index in [9.17, 15) is 5.11 Å². The lowest BCUT2D eigenvalue weighted by Crippen LogP contribution is -2.18. The minimum absolute atomic E-state index is 0.319. The number of aryl methyl sites for hydroxylation is 1. The van der Waals surface area contributed by atoms with Crippen molar-refractivity contribution in [1.82, 2.24) is 9.80 Å². The molecule has 0 unspecified atom stereocenters. The third-order valence-corrected chi connectivity index (χ3v) is 4.09. The van der Waals surface area contributed by atoms with Crippen molar-refractivity contribution in [2.75, 3.05) is 40.8 Å². The van der Waals surface area contributed by atoms with Gasteiger partial charge < -0.3 is 10.0 Å². The summed E-state index contributed by atoms with van der Waals surface area (Å²) in [5.41, 5.74) is 3.82. The molecule has 0 amide bonds. The number of phenolic OH excluding ortho intramolecular Hbond substituents is 1. The van der Waals surface area contributed by atoms with Crippen LogP contribution in [0.25, 0.3) is 0 Å². The van der Waals surface area contributed by atoms with Crippen LogP contribution < -0.4 is 0 Å². The molecule has 1 aromatic rings. The predicted octanol–water partition coefficient (Wildman–Crippen LogP) is 3.03. The van der Waals surface area contributed by atoms with Crippen molar-refractivity contribution in [3.63, 3.8) is 0 Å². The summed E-state index contributed by atoms with van der Waals surface area (Å²) >= 11 is 0. The fourth-order valence-corrected chi connectivity index (χ4v) is 2.70. The van der Waals surface area contributed by atoms with Gasteiger partial charge in [0.15, 0.2) is 0 Å². The van der Waals surface area contributed by atoms with Gasteiger partial charge in [-0.1, -0.05) is 12.1 Å². The Morgan fingerprint density at radius 2 is 2.08 bits per heavy atom. The van der Waals surface area contributed by atoms with Gasteiger partial charge in [0, 0.05) is 49.6 Å². The van der Waals surface area contributed by atoms with E-state index in [4.69, 9.17) is 0 Å². The predicted molar refractivity (Wildman–Crippen MR) is 111 cm³/mol. The van der Waals surface area contributed by atoms with Gasteiger partial charge in [-0.25, -0.2) is 0 Å². The zero-order valence-electron chi connectivity index (χ0n) is 16.3. The van der Waals surface area contributed by atoms with E-state index in [1.165, 1.54) is 0 Å². The molecule has 0 saturated carbocycles. The van der Waals surface area contributed by atoms with E-state index < -0.39 is 0 Å². The van der Waals surface area contributed by atoms with Gasteiger partial charge >= 0.3 is 0 Å². The second kappa shape index (κ2) is 10.0. The second-order valence-electron chi connectivity index (χ2n) is 6.98. The van der Waals surface area contributed by atoms with Gasteiger partial charge in [0.1, 0.15) is 5.75 Å². The Kier molecular flexibility index (Phi) is 7.75. The van der Waals surface area contributed by atoms with Gasteiger partial charge in [-0.2, -0.15) is 0 Å². The zero-order chi connectivity index (χ0) is 18.9. The summed E-state index contributed by atoms with van der Waals surface area (Å²) < 4.78 is 0. The number of nitrogens with zero attached hydrogens (tertiary/aromatic N) is 4. The Morgan fingerprint density at radius 1 is 1.27 bits per heavy atom. The summed E-state index contributed by atoms with van der Waals surface area (Å²) in [6.07, 6.45) is 10.8. The molecule has 0 spiro atoms. The molecule has 1 aliphatic heterocycles. The van der Waals surface area contributed by atoms with Crippen LogP contribution in [0.5, 0.6) is 5.75 Å². The maximum atomic E-state index is 10.6. The first-order valence-corrected chi connectivity index (χ1v) is 9.00. The average molecular weight is 354 g/mol.